The number of halogens is 2. The number of para-hydroxylation sites is 2. The van der Waals surface area contributed by atoms with E-state index in [0.29, 0.717) is 15.9 Å². The van der Waals surface area contributed by atoms with Gasteiger partial charge in [0.1, 0.15) is 17.9 Å². The second kappa shape index (κ2) is 9.92. The highest BCUT2D eigenvalue weighted by molar-refractivity contribution is 6.33. The van der Waals surface area contributed by atoms with Gasteiger partial charge in [-0.1, -0.05) is 47.5 Å². The molecule has 186 valence electrons. The Hall–Kier alpha value is -3.81. The van der Waals surface area contributed by atoms with Gasteiger partial charge in [0.05, 0.1) is 17.8 Å². The average Bonchev–Trinajstić information content (AvgIpc) is 3.33. The highest BCUT2D eigenvalue weighted by Crippen LogP contribution is 2.35. The molecule has 0 amide bonds. The lowest BCUT2D eigenvalue weighted by Crippen LogP contribution is -2.47. The molecule has 3 aromatic carbocycles. The minimum atomic E-state index is 0.618. The number of rotatable bonds is 5. The predicted octanol–water partition coefficient (Wildman–Crippen LogP) is 6.12. The summed E-state index contributed by atoms with van der Waals surface area (Å²) in [6, 6.07) is 23.5. The molecule has 0 saturated carbocycles. The normalized spacial score (nSPS) is 13.8. The predicted molar refractivity (Wildman–Crippen MR) is 150 cm³/mol. The maximum atomic E-state index is 6.62. The minimum absolute atomic E-state index is 0.618. The lowest BCUT2D eigenvalue weighted by molar-refractivity contribution is 0.413. The Morgan fingerprint density at radius 3 is 2.24 bits per heavy atom. The van der Waals surface area contributed by atoms with Crippen molar-refractivity contribution in [2.45, 2.75) is 0 Å². The first-order chi connectivity index (χ1) is 18.1. The van der Waals surface area contributed by atoms with Gasteiger partial charge < -0.3 is 14.5 Å². The number of piperazine rings is 1. The fraction of sp³-hybridized carbons (Fsp3) is 0.179. The zero-order valence-corrected chi connectivity index (χ0v) is 21.7. The monoisotopic (exact) mass is 530 g/mol. The van der Waals surface area contributed by atoms with Crippen molar-refractivity contribution in [3.05, 3.63) is 89.2 Å². The van der Waals surface area contributed by atoms with E-state index in [1.54, 1.807) is 13.4 Å². The molecule has 0 unspecified atom stereocenters. The summed E-state index contributed by atoms with van der Waals surface area (Å²) in [6.45, 7) is 3.25. The molecule has 0 bridgehead atoms. The fourth-order valence-electron chi connectivity index (χ4n) is 4.82. The van der Waals surface area contributed by atoms with E-state index in [2.05, 4.69) is 25.8 Å². The largest absolute Gasteiger partial charge is 0.495 e. The van der Waals surface area contributed by atoms with Gasteiger partial charge in [0.15, 0.2) is 17.0 Å². The van der Waals surface area contributed by atoms with E-state index in [-0.39, 0.29) is 0 Å². The average molecular weight is 531 g/mol. The molecule has 9 heteroatoms. The molecule has 1 aliphatic heterocycles. The molecule has 5 aromatic rings. The molecular weight excluding hydrogens is 507 g/mol. The highest BCUT2D eigenvalue weighted by Gasteiger charge is 2.26. The first-order valence-corrected chi connectivity index (χ1v) is 12.8. The van der Waals surface area contributed by atoms with E-state index < -0.39 is 0 Å². The smallest absolute Gasteiger partial charge is 0.170 e. The Morgan fingerprint density at radius 1 is 0.784 bits per heavy atom. The van der Waals surface area contributed by atoms with Crippen molar-refractivity contribution in [3.8, 4) is 22.8 Å². The van der Waals surface area contributed by atoms with Crippen LogP contribution < -0.4 is 14.5 Å². The van der Waals surface area contributed by atoms with Gasteiger partial charge in [-0.25, -0.2) is 15.0 Å². The number of ether oxygens (including phenoxy) is 1. The summed E-state index contributed by atoms with van der Waals surface area (Å²) in [5, 5.41) is 1.28. The summed E-state index contributed by atoms with van der Waals surface area (Å²) in [4.78, 5) is 19.0. The van der Waals surface area contributed by atoms with Gasteiger partial charge in [-0.3, -0.25) is 4.57 Å². The Morgan fingerprint density at radius 2 is 1.49 bits per heavy atom. The number of benzene rings is 3. The molecule has 0 aliphatic carbocycles. The van der Waals surface area contributed by atoms with E-state index >= 15 is 0 Å². The van der Waals surface area contributed by atoms with Gasteiger partial charge in [-0.2, -0.15) is 0 Å². The molecule has 37 heavy (non-hydrogen) atoms. The summed E-state index contributed by atoms with van der Waals surface area (Å²) in [5.74, 6) is 2.40. The Bertz CT molecular complexity index is 1560. The molecule has 2 aromatic heterocycles. The molecule has 1 aliphatic rings. The van der Waals surface area contributed by atoms with Crippen LogP contribution in [0.15, 0.2) is 79.1 Å². The molecule has 1 saturated heterocycles. The summed E-state index contributed by atoms with van der Waals surface area (Å²) in [5.41, 5.74) is 4.27. The van der Waals surface area contributed by atoms with Crippen molar-refractivity contribution in [3.63, 3.8) is 0 Å². The van der Waals surface area contributed by atoms with Gasteiger partial charge in [0.2, 0.25) is 0 Å². The molecule has 7 nitrogen and oxygen atoms in total. The van der Waals surface area contributed by atoms with Crippen LogP contribution in [0.4, 0.5) is 11.5 Å². The maximum absolute atomic E-state index is 6.62. The molecule has 0 spiro atoms. The van der Waals surface area contributed by atoms with Crippen LogP contribution in [0.1, 0.15) is 0 Å². The summed E-state index contributed by atoms with van der Waals surface area (Å²) in [7, 11) is 1.71. The third-order valence-corrected chi connectivity index (χ3v) is 7.21. The molecule has 0 N–H and O–H groups in total. The third-order valence-electron chi connectivity index (χ3n) is 6.63. The number of fused-ring (bicyclic) bond motifs is 1. The van der Waals surface area contributed by atoms with Crippen LogP contribution in [-0.4, -0.2) is 52.8 Å². The molecule has 0 radical (unpaired) electrons. The van der Waals surface area contributed by atoms with Crippen molar-refractivity contribution in [2.24, 2.45) is 0 Å². The lowest BCUT2D eigenvalue weighted by atomic mass is 10.2. The highest BCUT2D eigenvalue weighted by atomic mass is 35.5. The van der Waals surface area contributed by atoms with Crippen LogP contribution in [0.5, 0.6) is 5.75 Å². The van der Waals surface area contributed by atoms with E-state index in [1.165, 1.54) is 0 Å². The van der Waals surface area contributed by atoms with Crippen molar-refractivity contribution in [1.29, 1.82) is 0 Å². The topological polar surface area (TPSA) is 59.3 Å². The van der Waals surface area contributed by atoms with Crippen molar-refractivity contribution >= 4 is 45.9 Å². The lowest BCUT2D eigenvalue weighted by Gasteiger charge is -2.37. The number of hydrogen-bond acceptors (Lipinski definition) is 6. The fourth-order valence-corrected chi connectivity index (χ4v) is 5.17. The first-order valence-electron chi connectivity index (χ1n) is 12.0. The van der Waals surface area contributed by atoms with Crippen molar-refractivity contribution in [1.82, 2.24) is 19.5 Å². The van der Waals surface area contributed by atoms with Crippen molar-refractivity contribution in [2.75, 3.05) is 43.1 Å². The van der Waals surface area contributed by atoms with E-state index in [9.17, 15) is 0 Å². The Kier molecular flexibility index (Phi) is 6.32. The maximum Gasteiger partial charge on any atom is 0.170 e. The van der Waals surface area contributed by atoms with Crippen LogP contribution in [-0.2, 0) is 0 Å². The second-order valence-corrected chi connectivity index (χ2v) is 9.59. The van der Waals surface area contributed by atoms with Crippen LogP contribution in [0.3, 0.4) is 0 Å². The van der Waals surface area contributed by atoms with Crippen LogP contribution >= 0.6 is 23.2 Å². The molecular formula is C28H24Cl2N6O. The van der Waals surface area contributed by atoms with Crippen LogP contribution in [0.25, 0.3) is 28.2 Å². The van der Waals surface area contributed by atoms with Gasteiger partial charge in [0.25, 0.3) is 0 Å². The zero-order chi connectivity index (χ0) is 25.4. The number of anilines is 2. The van der Waals surface area contributed by atoms with E-state index in [1.807, 2.05) is 71.3 Å². The quantitative estimate of drug-likeness (QED) is 0.272. The van der Waals surface area contributed by atoms with Crippen molar-refractivity contribution < 1.29 is 4.74 Å². The number of methoxy groups -OCH3 is 1. The third kappa shape index (κ3) is 4.34. The Labute approximate surface area is 224 Å². The van der Waals surface area contributed by atoms with Gasteiger partial charge in [0, 0.05) is 42.5 Å². The summed E-state index contributed by atoms with van der Waals surface area (Å²) < 4.78 is 7.59. The molecule has 0 atom stereocenters. The van der Waals surface area contributed by atoms with Crippen LogP contribution in [0.2, 0.25) is 10.0 Å². The number of hydrogen-bond donors (Lipinski definition) is 0. The SMILES string of the molecule is COc1ccccc1N1CCN(c2ncnc3c2nc(-c2ccccc2Cl)n3-c2ccc(Cl)cc2)CC1. The van der Waals surface area contributed by atoms with E-state index in [4.69, 9.17) is 32.9 Å². The number of imidazole rings is 1. The summed E-state index contributed by atoms with van der Waals surface area (Å²) >= 11 is 12.8. The first kappa shape index (κ1) is 23.6. The molecule has 6 rings (SSSR count). The van der Waals surface area contributed by atoms with Gasteiger partial charge in [-0.15, -0.1) is 0 Å². The second-order valence-electron chi connectivity index (χ2n) is 8.74. The van der Waals surface area contributed by atoms with E-state index in [0.717, 1.165) is 65.8 Å². The van der Waals surface area contributed by atoms with Gasteiger partial charge in [-0.05, 0) is 48.5 Å². The standard InChI is InChI=1S/C28H24Cl2N6O/c1-37-24-9-5-4-8-23(24)34-14-16-35(17-15-34)27-25-28(32-18-31-27)36(20-12-10-19(29)11-13-20)26(33-25)21-6-2-3-7-22(21)30/h2-13,18H,14-17H2,1H3. The van der Waals surface area contributed by atoms with Gasteiger partial charge >= 0.3 is 0 Å². The minimum Gasteiger partial charge on any atom is -0.495 e. The Balaban J connectivity index is 1.41. The molecule has 1 fully saturated rings. The zero-order valence-electron chi connectivity index (χ0n) is 20.2. The number of nitrogens with zero attached hydrogens (tertiary/aromatic N) is 6. The molecule has 3 heterocycles. The number of aromatic nitrogens is 4. The summed E-state index contributed by atoms with van der Waals surface area (Å²) in [6.07, 6.45) is 1.61. The van der Waals surface area contributed by atoms with Crippen LogP contribution in [0, 0.1) is 0 Å².